The van der Waals surface area contributed by atoms with Gasteiger partial charge in [-0.1, -0.05) is 181 Å². The molecule has 0 spiro atoms. The Hall–Kier alpha value is -3.87. The molecule has 104 heavy (non-hydrogen) atoms. The predicted molar refractivity (Wildman–Crippen MR) is 361 cm³/mol. The Bertz CT molecular complexity index is 3340. The van der Waals surface area contributed by atoms with Crippen molar-refractivity contribution in [3.05, 3.63) is 211 Å². The van der Waals surface area contributed by atoms with Crippen LogP contribution in [0.15, 0.2) is 146 Å². The zero-order valence-electron chi connectivity index (χ0n) is 60.8. The predicted octanol–water partition coefficient (Wildman–Crippen LogP) is 9.46. The second-order valence-corrected chi connectivity index (χ2v) is 30.0. The monoisotopic (exact) mass is 1800 g/mol. The molecule has 0 unspecified atom stereocenters. The van der Waals surface area contributed by atoms with Crippen LogP contribution < -0.4 is 97.6 Å². The van der Waals surface area contributed by atoms with Gasteiger partial charge in [-0.15, -0.1) is 0 Å². The summed E-state index contributed by atoms with van der Waals surface area (Å²) in [5.74, 6) is 0.299. The molecule has 0 aliphatic carbocycles. The second kappa shape index (κ2) is 51.5. The summed E-state index contributed by atoms with van der Waals surface area (Å²) in [5.41, 5.74) is 4.99. The number of benzene rings is 4. The maximum atomic E-state index is 10.9. The molecule has 8 aromatic rings. The zero-order chi connectivity index (χ0) is 76.8. The number of H-pyrrole nitrogens is 4. The molecule has 36 heteroatoms. The van der Waals surface area contributed by atoms with Crippen LogP contribution in [0.5, 0.6) is 46.5 Å². The fourth-order valence-electron chi connectivity index (χ4n) is 8.35. The minimum Gasteiger partial charge on any atom is -0.823 e. The van der Waals surface area contributed by atoms with Crippen molar-refractivity contribution in [1.82, 2.24) is 0 Å². The molecule has 0 amide bonds. The van der Waals surface area contributed by atoms with Crippen LogP contribution in [0.4, 0.5) is 0 Å². The maximum Gasteiger partial charge on any atom is 2.00 e. The molecule has 0 fully saturated rings. The molecule has 0 aliphatic rings. The van der Waals surface area contributed by atoms with Gasteiger partial charge in [0.2, 0.25) is 0 Å². The largest absolute Gasteiger partial charge is 2.00 e. The minimum absolute atomic E-state index is 0. The summed E-state index contributed by atoms with van der Waals surface area (Å²) in [7, 11) is -20.3. The summed E-state index contributed by atoms with van der Waals surface area (Å²) in [6.45, 7) is 30.1. The number of halogens is 4. The average molecular weight is 1800 g/mol. The number of phosphoric ester groups is 4. The van der Waals surface area contributed by atoms with E-state index in [0.29, 0.717) is 64.6 Å². The van der Waals surface area contributed by atoms with Gasteiger partial charge in [-0.2, -0.15) is 0 Å². The number of hydrogen-bond acceptors (Lipinski definition) is 20. The van der Waals surface area contributed by atoms with Crippen LogP contribution in [0.2, 0.25) is 20.1 Å². The van der Waals surface area contributed by atoms with Crippen LogP contribution in [0.25, 0.3) is 0 Å². The van der Waals surface area contributed by atoms with E-state index in [1.54, 1.807) is 122 Å². The molecule has 4 aromatic carbocycles. The van der Waals surface area contributed by atoms with Crippen LogP contribution >= 0.6 is 77.7 Å². The molecule has 4 aromatic heterocycles. The smallest absolute Gasteiger partial charge is 0.823 e. The van der Waals surface area contributed by atoms with Gasteiger partial charge in [0.05, 0.1) is 0 Å². The van der Waals surface area contributed by atoms with Gasteiger partial charge in [-0.25, -0.2) is 19.9 Å². The van der Waals surface area contributed by atoms with Crippen molar-refractivity contribution in [1.29, 1.82) is 0 Å². The number of nitrogens with one attached hydrogen (secondary N) is 4. The molecule has 4 N–H and O–H groups in total. The zero-order valence-corrected chi connectivity index (χ0v) is 79.2. The molecule has 0 saturated heterocycles. The topological polar surface area (TPSA) is 438 Å². The van der Waals surface area contributed by atoms with E-state index in [2.05, 4.69) is 38.0 Å². The van der Waals surface area contributed by atoms with Crippen molar-refractivity contribution < 1.29 is 194 Å². The van der Waals surface area contributed by atoms with Crippen LogP contribution in [0, 0.1) is 0 Å². The quantitative estimate of drug-likeness (QED) is 0.0641. The molecule has 4 heterocycles. The molecule has 0 atom stereocenters. The van der Waals surface area contributed by atoms with Crippen molar-refractivity contribution in [2.75, 3.05) is 0 Å². The van der Waals surface area contributed by atoms with E-state index in [1.807, 2.05) is 111 Å². The summed E-state index contributed by atoms with van der Waals surface area (Å²) in [6.07, 6.45) is 6.40. The Morgan fingerprint density at radius 2 is 0.394 bits per heavy atom. The van der Waals surface area contributed by atoms with E-state index >= 15 is 0 Å². The van der Waals surface area contributed by atoms with Gasteiger partial charge in [0.15, 0.2) is 24.8 Å². The summed E-state index contributed by atoms with van der Waals surface area (Å²) in [5, 5.41) is 42.9. The van der Waals surface area contributed by atoms with Crippen molar-refractivity contribution in [2.24, 2.45) is 0 Å². The van der Waals surface area contributed by atoms with Gasteiger partial charge < -0.3 is 95.9 Å². The Kier molecular flexibility index (Phi) is 52.7. The summed E-state index contributed by atoms with van der Waals surface area (Å²) in [6, 6.07) is 32.7. The first kappa shape index (κ1) is 106. The van der Waals surface area contributed by atoms with Crippen molar-refractivity contribution >= 4 is 77.7 Å². The number of aromatic amines is 4. The van der Waals surface area contributed by atoms with Crippen LogP contribution in [0.1, 0.15) is 203 Å². The Balaban J connectivity index is -0.000000563. The molecule has 0 saturated carbocycles. The van der Waals surface area contributed by atoms with Gasteiger partial charge in [0.25, 0.3) is 0 Å². The molecular weight excluding hydrogens is 1720 g/mol. The maximum absolute atomic E-state index is 10.9. The average Bonchev–Trinajstić information content (AvgIpc) is 0.826. The van der Waals surface area contributed by atoms with Gasteiger partial charge in [-0.05, 0) is 165 Å². The number of aromatic nitrogens is 4. The SMILES string of the molecule is CC(C)c1cc(Cl)cc(C(C)C)c1OP(=O)([O-])[O-].CC(C)c1cc(Cl)cc(C(C)C)c1OP(=O)([O-])[O-].CC(C)c1cc(Cl)cc(C(C)C)c1OP(=O)([O-])[O-].CC(C)c1cc(Cl)cc(C(C)C)c1OP(=O)([O-])[O-].[O-]c1cccc[nH+]1.[O-]c1cccc[nH+]1.[O-]c1cccc[nH+]1.[O-]c1cccc[nH+]1.[Zn+2].[Zn+2].[Zn+2].[Zn+2]. The third kappa shape index (κ3) is 44.6. The first-order valence-electron chi connectivity index (χ1n) is 30.8. The molecule has 8 rings (SSSR count). The van der Waals surface area contributed by atoms with Gasteiger partial charge in [-0.3, -0.25) is 0 Å². The fourth-order valence-corrected chi connectivity index (χ4v) is 11.0. The van der Waals surface area contributed by atoms with Crippen molar-refractivity contribution in [3.63, 3.8) is 0 Å². The van der Waals surface area contributed by atoms with Gasteiger partial charge in [0, 0.05) is 44.4 Å². The summed E-state index contributed by atoms with van der Waals surface area (Å²) >= 11 is 24.0. The second-order valence-electron chi connectivity index (χ2n) is 24.0. The molecule has 0 radical (unpaired) electrons. The van der Waals surface area contributed by atoms with Crippen molar-refractivity contribution in [2.45, 2.75) is 158 Å². The van der Waals surface area contributed by atoms with E-state index < -0.39 is 31.3 Å². The first-order valence-corrected chi connectivity index (χ1v) is 38.1. The van der Waals surface area contributed by atoms with Crippen LogP contribution in [-0.2, 0) is 96.2 Å². The van der Waals surface area contributed by atoms with E-state index in [0.717, 1.165) is 0 Å². The first-order chi connectivity index (χ1) is 46.0. The number of rotatable bonds is 16. The number of phosphoric acid groups is 4. The Morgan fingerprint density at radius 1 is 0.269 bits per heavy atom. The third-order valence-electron chi connectivity index (χ3n) is 13.0. The van der Waals surface area contributed by atoms with Crippen molar-refractivity contribution in [3.8, 4) is 46.5 Å². The molecule has 0 bridgehead atoms. The van der Waals surface area contributed by atoms with E-state index in [9.17, 15) is 77.8 Å². The fraction of sp³-hybridized carbons (Fsp3) is 0.353. The van der Waals surface area contributed by atoms with Crippen LogP contribution in [0.3, 0.4) is 0 Å². The number of pyridine rings is 4. The molecular formula is C68H84Cl4N4O20P4Zn4. The molecule has 24 nitrogen and oxygen atoms in total. The van der Waals surface area contributed by atoms with E-state index in [-0.39, 0.29) is 172 Å². The molecule has 552 valence electrons. The summed E-state index contributed by atoms with van der Waals surface area (Å²) < 4.78 is 61.9. The molecule has 0 aliphatic heterocycles. The van der Waals surface area contributed by atoms with Gasteiger partial charge >= 0.3 is 77.9 Å². The minimum atomic E-state index is -5.08. The Labute approximate surface area is 680 Å². The van der Waals surface area contributed by atoms with E-state index in [1.165, 1.54) is 24.3 Å². The van der Waals surface area contributed by atoms with Gasteiger partial charge in [0.1, 0.15) is 77.8 Å². The summed E-state index contributed by atoms with van der Waals surface area (Å²) in [4.78, 5) is 96.7. The third-order valence-corrected chi connectivity index (χ3v) is 15.5. The van der Waals surface area contributed by atoms with E-state index in [4.69, 9.17) is 46.4 Å². The standard InChI is InChI=1S/4C12H18ClO4P.4C5H5NO.4Zn/c4*1-7(2)10-5-9(13)6-11(8(3)4)12(10)17-18(14,15)16;4*7-5-3-1-2-4-6-5;;;;/h4*5-8H,1-4H3,(H2,14,15,16);4*1-4H,(H,6,7);;;;/q;;;;;;;;4*+2/p-8. The number of hydrogen-bond donors (Lipinski definition) is 0. The Morgan fingerprint density at radius 3 is 0.462 bits per heavy atom. The normalized spacial score (nSPS) is 10.8. The van der Waals surface area contributed by atoms with Crippen LogP contribution in [-0.4, -0.2) is 0 Å².